The molecule has 8 rings (SSSR count). The molecule has 3 aliphatic heterocycles. The van der Waals surface area contributed by atoms with Gasteiger partial charge in [-0.15, -0.1) is 0 Å². The quantitative estimate of drug-likeness (QED) is 0.258. The number of nitrogens with one attached hydrogen (secondary N) is 2. The molecule has 4 aliphatic rings. The average Bonchev–Trinajstić information content (AvgIpc) is 3.56. The third kappa shape index (κ3) is 4.65. The number of aromatic nitrogens is 3. The zero-order chi connectivity index (χ0) is 33.6. The van der Waals surface area contributed by atoms with Crippen molar-refractivity contribution in [3.8, 4) is 11.3 Å². The summed E-state index contributed by atoms with van der Waals surface area (Å²) in [6, 6.07) is 12.7. The number of amides is 2. The molecule has 0 spiro atoms. The summed E-state index contributed by atoms with van der Waals surface area (Å²) in [5.41, 5.74) is 5.30. The number of imidazole rings is 1. The van der Waals surface area contributed by atoms with Crippen molar-refractivity contribution in [1.82, 2.24) is 24.8 Å². The predicted octanol–water partition coefficient (Wildman–Crippen LogP) is 5.86. The number of carbonyl (C=O) groups excluding carboxylic acids is 2. The Morgan fingerprint density at radius 2 is 1.77 bits per heavy atom. The van der Waals surface area contributed by atoms with Crippen molar-refractivity contribution in [1.29, 1.82) is 0 Å². The number of nitrogens with zero attached hydrogens (tertiary/aromatic N) is 5. The minimum Gasteiger partial charge on any atom is -0.378 e. The van der Waals surface area contributed by atoms with E-state index in [9.17, 15) is 9.59 Å². The van der Waals surface area contributed by atoms with Crippen LogP contribution in [0.3, 0.4) is 0 Å². The summed E-state index contributed by atoms with van der Waals surface area (Å²) in [4.78, 5) is 40.9. The number of morpholine rings is 1. The molecule has 2 bridgehead atoms. The maximum atomic E-state index is 15.4. The summed E-state index contributed by atoms with van der Waals surface area (Å²) in [5, 5.41) is 5.84. The number of aryl methyl sites for hydroxylation is 1. The molecule has 10 nitrogen and oxygen atoms in total. The highest BCUT2D eigenvalue weighted by atomic mass is 19.1. The Morgan fingerprint density at radius 3 is 2.46 bits per heavy atom. The molecule has 4 aromatic rings. The average molecular weight is 652 g/mol. The van der Waals surface area contributed by atoms with Crippen LogP contribution in [-0.4, -0.2) is 75.7 Å². The Hall–Kier alpha value is -4.35. The second-order valence-corrected chi connectivity index (χ2v) is 14.7. The van der Waals surface area contributed by atoms with Crippen LogP contribution in [0.1, 0.15) is 74.5 Å². The molecule has 2 N–H and O–H groups in total. The van der Waals surface area contributed by atoms with Crippen molar-refractivity contribution >= 4 is 40.0 Å². The van der Waals surface area contributed by atoms with Gasteiger partial charge in [0.05, 0.1) is 41.9 Å². The van der Waals surface area contributed by atoms with Crippen molar-refractivity contribution in [3.63, 3.8) is 0 Å². The van der Waals surface area contributed by atoms with Crippen LogP contribution in [0.15, 0.2) is 42.7 Å². The number of hydrogen-bond acceptors (Lipinski definition) is 7. The largest absolute Gasteiger partial charge is 0.378 e. The normalized spacial score (nSPS) is 24.4. The van der Waals surface area contributed by atoms with Crippen LogP contribution in [0, 0.1) is 12.7 Å². The minimum atomic E-state index is -0.633. The first-order valence-corrected chi connectivity index (χ1v) is 17.0. The molecule has 1 saturated carbocycles. The Bertz CT molecular complexity index is 1970. The first-order chi connectivity index (χ1) is 23.0. The third-order valence-electron chi connectivity index (χ3n) is 11.0. The predicted molar refractivity (Wildman–Crippen MR) is 183 cm³/mol. The van der Waals surface area contributed by atoms with Gasteiger partial charge >= 0.3 is 0 Å². The zero-order valence-corrected chi connectivity index (χ0v) is 28.3. The molecule has 5 heterocycles. The Morgan fingerprint density at radius 1 is 1.04 bits per heavy atom. The fraction of sp³-hybridized carbons (Fsp3) is 0.459. The van der Waals surface area contributed by atoms with E-state index in [2.05, 4.69) is 41.5 Å². The smallest absolute Gasteiger partial charge is 0.251 e. The van der Waals surface area contributed by atoms with Crippen LogP contribution < -0.4 is 15.5 Å². The number of benzene rings is 2. The lowest BCUT2D eigenvalue weighted by atomic mass is 9.77. The Balaban J connectivity index is 1.17. The molecular formula is C37H42FN7O3. The number of rotatable bonds is 7. The molecule has 3 fully saturated rings. The van der Waals surface area contributed by atoms with E-state index in [1.807, 2.05) is 35.4 Å². The van der Waals surface area contributed by atoms with Crippen LogP contribution in [0.25, 0.3) is 22.3 Å². The lowest BCUT2D eigenvalue weighted by Gasteiger charge is -2.60. The molecule has 2 aromatic heterocycles. The number of carbonyl (C=O) groups is 2. The first kappa shape index (κ1) is 31.0. The van der Waals surface area contributed by atoms with E-state index in [0.29, 0.717) is 46.3 Å². The highest BCUT2D eigenvalue weighted by Crippen LogP contribution is 2.49. The number of ether oxygens (including phenoxy) is 1. The monoisotopic (exact) mass is 651 g/mol. The van der Waals surface area contributed by atoms with Crippen LogP contribution in [-0.2, 0) is 14.9 Å². The summed E-state index contributed by atoms with van der Waals surface area (Å²) in [6.07, 6.45) is 4.91. The van der Waals surface area contributed by atoms with Gasteiger partial charge in [-0.25, -0.2) is 14.4 Å². The third-order valence-corrected chi connectivity index (χ3v) is 11.0. The SMILES string of the molecule is CNC(=O)c1cc(Nc2nc(-c3ccc4c(c3)N([C@H]3C[C@@H](N5C6COCC5C6)C3)C(=O)C4(C)C)cc3ncn(C(C)C)c23)c(F)cc1C. The van der Waals surface area contributed by atoms with Crippen LogP contribution in [0.5, 0.6) is 0 Å². The van der Waals surface area contributed by atoms with E-state index in [1.54, 1.807) is 20.3 Å². The molecule has 11 heteroatoms. The van der Waals surface area contributed by atoms with E-state index in [-0.39, 0.29) is 29.6 Å². The standard InChI is InChI=1S/C37H42FN7O3/c1-19(2)43-18-40-31-15-29(41-34(33(31)43)42-30-14-26(35(46)39-6)20(3)9-28(30)38)21-7-8-27-32(10-21)45(36(47)37(27,4)5)23-11-22(12-23)44-24-13-25(44)17-48-16-24/h7-10,14-15,18-19,22-25H,11-13,16-17H2,1-6H3,(H,39,46)(H,41,42)/t22-,23+,24?,25?. The number of fused-ring (bicyclic) bond motifs is 4. The van der Waals surface area contributed by atoms with E-state index in [1.165, 1.54) is 18.6 Å². The second-order valence-electron chi connectivity index (χ2n) is 14.7. The molecule has 2 amide bonds. The molecule has 48 heavy (non-hydrogen) atoms. The molecule has 2 saturated heterocycles. The van der Waals surface area contributed by atoms with Crippen molar-refractivity contribution in [3.05, 3.63) is 65.2 Å². The van der Waals surface area contributed by atoms with Crippen molar-refractivity contribution in [2.24, 2.45) is 0 Å². The summed E-state index contributed by atoms with van der Waals surface area (Å²) >= 11 is 0. The summed E-state index contributed by atoms with van der Waals surface area (Å²) < 4.78 is 23.1. The van der Waals surface area contributed by atoms with E-state index < -0.39 is 11.2 Å². The molecule has 2 aromatic carbocycles. The number of halogens is 1. The van der Waals surface area contributed by atoms with E-state index in [0.717, 1.165) is 48.4 Å². The highest BCUT2D eigenvalue weighted by molar-refractivity contribution is 6.09. The molecule has 1 aliphatic carbocycles. The van der Waals surface area contributed by atoms with Crippen LogP contribution in [0.2, 0.25) is 0 Å². The first-order valence-electron chi connectivity index (χ1n) is 17.0. The Labute approximate surface area is 279 Å². The maximum Gasteiger partial charge on any atom is 0.251 e. The van der Waals surface area contributed by atoms with Gasteiger partial charge in [-0.1, -0.05) is 12.1 Å². The lowest BCUT2D eigenvalue weighted by molar-refractivity contribution is -0.161. The van der Waals surface area contributed by atoms with Gasteiger partial charge in [-0.2, -0.15) is 0 Å². The molecule has 2 unspecified atom stereocenters. The van der Waals surface area contributed by atoms with Gasteiger partial charge in [0.2, 0.25) is 5.91 Å². The summed E-state index contributed by atoms with van der Waals surface area (Å²) in [6.45, 7) is 11.5. The zero-order valence-electron chi connectivity index (χ0n) is 28.3. The highest BCUT2D eigenvalue weighted by Gasteiger charge is 2.54. The van der Waals surface area contributed by atoms with Crippen molar-refractivity contribution < 1.29 is 18.7 Å². The van der Waals surface area contributed by atoms with Gasteiger partial charge < -0.3 is 24.8 Å². The van der Waals surface area contributed by atoms with Gasteiger partial charge in [0, 0.05) is 54.1 Å². The van der Waals surface area contributed by atoms with Gasteiger partial charge in [-0.3, -0.25) is 14.5 Å². The van der Waals surface area contributed by atoms with Gasteiger partial charge in [0.15, 0.2) is 5.82 Å². The van der Waals surface area contributed by atoms with Crippen molar-refractivity contribution in [2.45, 2.75) is 89.5 Å². The minimum absolute atomic E-state index is 0.0731. The fourth-order valence-corrected chi connectivity index (χ4v) is 8.24. The van der Waals surface area contributed by atoms with E-state index >= 15 is 4.39 Å². The topological polar surface area (TPSA) is 105 Å². The molecular weight excluding hydrogens is 609 g/mol. The molecule has 2 atom stereocenters. The second kappa shape index (κ2) is 11.1. The molecule has 250 valence electrons. The van der Waals surface area contributed by atoms with Crippen LogP contribution >= 0.6 is 0 Å². The van der Waals surface area contributed by atoms with Gasteiger partial charge in [-0.05, 0) is 89.3 Å². The lowest BCUT2D eigenvalue weighted by Crippen LogP contribution is -2.70. The van der Waals surface area contributed by atoms with Crippen molar-refractivity contribution in [2.75, 3.05) is 30.5 Å². The Kier molecular flexibility index (Phi) is 7.16. The van der Waals surface area contributed by atoms with Gasteiger partial charge in [0.25, 0.3) is 5.91 Å². The van der Waals surface area contributed by atoms with E-state index in [4.69, 9.17) is 14.7 Å². The summed E-state index contributed by atoms with van der Waals surface area (Å²) in [5.74, 6) is -0.222. The molecule has 0 radical (unpaired) electrons. The number of hydrogen-bond donors (Lipinski definition) is 2. The summed E-state index contributed by atoms with van der Waals surface area (Å²) in [7, 11) is 1.55. The number of pyridine rings is 1. The maximum absolute atomic E-state index is 15.4. The fourth-order valence-electron chi connectivity index (χ4n) is 8.24. The van der Waals surface area contributed by atoms with Crippen LogP contribution in [0.4, 0.5) is 21.6 Å². The number of anilines is 3. The van der Waals surface area contributed by atoms with Gasteiger partial charge in [0.1, 0.15) is 11.3 Å².